The number of hydrogen-bond acceptors (Lipinski definition) is 7. The Labute approximate surface area is 194 Å². The van der Waals surface area contributed by atoms with Gasteiger partial charge in [0, 0.05) is 35.3 Å². The Morgan fingerprint density at radius 1 is 1.21 bits per heavy atom. The van der Waals surface area contributed by atoms with Crippen molar-refractivity contribution in [3.05, 3.63) is 40.3 Å². The van der Waals surface area contributed by atoms with Gasteiger partial charge in [-0.15, -0.1) is 0 Å². The third-order valence-electron chi connectivity index (χ3n) is 4.59. The molecule has 0 saturated heterocycles. The maximum atomic E-state index is 12.3. The summed E-state index contributed by atoms with van der Waals surface area (Å²) in [6.07, 6.45) is 0.634. The molecule has 1 unspecified atom stereocenters. The topological polar surface area (TPSA) is 140 Å². The molecule has 1 aromatic rings. The smallest absolute Gasteiger partial charge is 0.251 e. The van der Waals surface area contributed by atoms with Crippen LogP contribution in [0, 0.1) is 5.41 Å². The fourth-order valence-electron chi connectivity index (χ4n) is 2.46. The molecule has 0 radical (unpaired) electrons. The first kappa shape index (κ1) is 28.1. The van der Waals surface area contributed by atoms with Crippen molar-refractivity contribution >= 4 is 17.5 Å². The number of carbonyl (C=O) groups excluding carboxylic acids is 3. The van der Waals surface area contributed by atoms with Crippen LogP contribution in [-0.4, -0.2) is 56.7 Å². The van der Waals surface area contributed by atoms with Crippen molar-refractivity contribution in [2.24, 2.45) is 10.5 Å². The number of nitrogens with one attached hydrogen (secondary N) is 1. The summed E-state index contributed by atoms with van der Waals surface area (Å²) in [5.74, 6) is 0.295. The number of nitrogens with zero attached hydrogens (tertiary/aromatic N) is 3. The molecule has 33 heavy (non-hydrogen) atoms. The molecule has 0 heterocycles. The summed E-state index contributed by atoms with van der Waals surface area (Å²) in [5.41, 5.74) is 8.68. The molecule has 0 fully saturated rings. The van der Waals surface area contributed by atoms with Gasteiger partial charge in [-0.3, -0.25) is 14.4 Å². The highest BCUT2D eigenvalue weighted by molar-refractivity contribution is 5.94. The van der Waals surface area contributed by atoms with Gasteiger partial charge in [0.05, 0.1) is 13.2 Å². The molecule has 1 amide bonds. The molecule has 1 rings (SSSR count). The van der Waals surface area contributed by atoms with Crippen LogP contribution in [0.3, 0.4) is 0 Å². The van der Waals surface area contributed by atoms with Crippen molar-refractivity contribution in [2.75, 3.05) is 33.0 Å². The molecule has 0 aromatic heterocycles. The van der Waals surface area contributed by atoms with Crippen molar-refractivity contribution in [2.45, 2.75) is 53.2 Å². The van der Waals surface area contributed by atoms with E-state index in [0.29, 0.717) is 37.1 Å². The molecule has 0 aliphatic heterocycles. The second kappa shape index (κ2) is 15.0. The molecular weight excluding hydrogens is 428 g/mol. The first-order valence-electron chi connectivity index (χ1n) is 11.0. The number of benzene rings is 1. The molecule has 182 valence electrons. The van der Waals surface area contributed by atoms with E-state index in [1.807, 2.05) is 27.7 Å². The van der Waals surface area contributed by atoms with E-state index in [4.69, 9.17) is 19.7 Å². The molecule has 0 aliphatic rings. The van der Waals surface area contributed by atoms with Gasteiger partial charge in [0.15, 0.2) is 12.0 Å². The zero-order valence-electron chi connectivity index (χ0n) is 19.8. The fourth-order valence-corrected chi connectivity index (χ4v) is 2.46. The largest absolute Gasteiger partial charge is 0.491 e. The quantitative estimate of drug-likeness (QED) is 0.171. The second-order valence-electron chi connectivity index (χ2n) is 8.35. The van der Waals surface area contributed by atoms with Gasteiger partial charge in [0.2, 0.25) is 0 Å². The van der Waals surface area contributed by atoms with Gasteiger partial charge in [-0.2, -0.15) is 0 Å². The van der Waals surface area contributed by atoms with Crippen LogP contribution in [-0.2, 0) is 19.1 Å². The van der Waals surface area contributed by atoms with Crippen LogP contribution in [0.2, 0.25) is 0 Å². The predicted octanol–water partition coefficient (Wildman–Crippen LogP) is 3.84. The number of Topliss-reactive ketones (excluding diaryl/α,β-unsaturated/α-hetero) is 2. The minimum absolute atomic E-state index is 0.0146. The van der Waals surface area contributed by atoms with Crippen molar-refractivity contribution in [3.63, 3.8) is 0 Å². The van der Waals surface area contributed by atoms with Crippen LogP contribution in [0.15, 0.2) is 29.4 Å². The van der Waals surface area contributed by atoms with Crippen molar-refractivity contribution in [3.8, 4) is 5.75 Å². The summed E-state index contributed by atoms with van der Waals surface area (Å²) in [6.45, 7) is 7.89. The van der Waals surface area contributed by atoms with Gasteiger partial charge in [-0.1, -0.05) is 38.9 Å². The van der Waals surface area contributed by atoms with Gasteiger partial charge in [-0.25, -0.2) is 0 Å². The summed E-state index contributed by atoms with van der Waals surface area (Å²) in [5, 5.41) is 6.32. The molecular formula is C23H34N4O6. The number of azide groups is 1. The number of carbonyl (C=O) groups is 3. The van der Waals surface area contributed by atoms with Crippen LogP contribution >= 0.6 is 0 Å². The van der Waals surface area contributed by atoms with Crippen molar-refractivity contribution in [1.29, 1.82) is 0 Å². The molecule has 1 atom stereocenters. The first-order valence-corrected chi connectivity index (χ1v) is 11.0. The molecule has 1 aromatic carbocycles. The van der Waals surface area contributed by atoms with Gasteiger partial charge >= 0.3 is 0 Å². The maximum Gasteiger partial charge on any atom is 0.251 e. The lowest BCUT2D eigenvalue weighted by Gasteiger charge is -2.17. The SMILES string of the molecule is CCC(=O)CCCNC(=O)c1cccc(OCC(N=[N+]=[N-])OCCOCC(=O)C(C)(C)C)c1. The first-order chi connectivity index (χ1) is 15.7. The zero-order chi connectivity index (χ0) is 24.7. The van der Waals surface area contributed by atoms with Crippen LogP contribution < -0.4 is 10.1 Å². The highest BCUT2D eigenvalue weighted by Gasteiger charge is 2.20. The minimum atomic E-state index is -0.898. The zero-order valence-corrected chi connectivity index (χ0v) is 19.8. The number of ketones is 2. The Morgan fingerprint density at radius 3 is 2.64 bits per heavy atom. The van der Waals surface area contributed by atoms with E-state index in [1.54, 1.807) is 24.3 Å². The second-order valence-corrected chi connectivity index (χ2v) is 8.35. The summed E-state index contributed by atoms with van der Waals surface area (Å²) < 4.78 is 16.4. The van der Waals surface area contributed by atoms with Gasteiger partial charge in [0.25, 0.3) is 5.91 Å². The monoisotopic (exact) mass is 462 g/mol. The average molecular weight is 463 g/mol. The molecule has 0 saturated carbocycles. The summed E-state index contributed by atoms with van der Waals surface area (Å²) in [7, 11) is 0. The average Bonchev–Trinajstić information content (AvgIpc) is 2.78. The van der Waals surface area contributed by atoms with E-state index in [2.05, 4.69) is 15.3 Å². The molecule has 0 aliphatic carbocycles. The Bertz CT molecular complexity index is 830. The van der Waals surface area contributed by atoms with Crippen molar-refractivity contribution < 1.29 is 28.6 Å². The normalized spacial score (nSPS) is 11.9. The highest BCUT2D eigenvalue weighted by atomic mass is 16.6. The standard InChI is InChI=1S/C23H34N4O6/c1-5-18(28)9-7-11-25-22(30)17-8-6-10-19(14-17)33-16-21(26-27-24)32-13-12-31-15-20(29)23(2,3)4/h6,8,10,14,21H,5,7,9,11-13,15-16H2,1-4H3,(H,25,30). The molecule has 10 nitrogen and oxygen atoms in total. The lowest BCUT2D eigenvalue weighted by atomic mass is 9.91. The number of ether oxygens (including phenoxy) is 3. The lowest BCUT2D eigenvalue weighted by molar-refractivity contribution is -0.131. The number of hydrogen-bond donors (Lipinski definition) is 1. The van der Waals surface area contributed by atoms with Crippen LogP contribution in [0.4, 0.5) is 0 Å². The van der Waals surface area contributed by atoms with E-state index in [9.17, 15) is 14.4 Å². The van der Waals surface area contributed by atoms with E-state index in [0.717, 1.165) is 0 Å². The summed E-state index contributed by atoms with van der Waals surface area (Å²) in [4.78, 5) is 38.2. The lowest BCUT2D eigenvalue weighted by Crippen LogP contribution is -2.26. The van der Waals surface area contributed by atoms with Gasteiger partial charge < -0.3 is 19.5 Å². The van der Waals surface area contributed by atoms with Crippen LogP contribution in [0.5, 0.6) is 5.75 Å². The third-order valence-corrected chi connectivity index (χ3v) is 4.59. The Balaban J connectivity index is 2.44. The highest BCUT2D eigenvalue weighted by Crippen LogP contribution is 2.15. The van der Waals surface area contributed by atoms with Gasteiger partial charge in [0.1, 0.15) is 24.7 Å². The third kappa shape index (κ3) is 12.0. The molecule has 10 heteroatoms. The van der Waals surface area contributed by atoms with E-state index in [1.165, 1.54) is 0 Å². The summed E-state index contributed by atoms with van der Waals surface area (Å²) >= 11 is 0. The minimum Gasteiger partial charge on any atom is -0.491 e. The van der Waals surface area contributed by atoms with E-state index in [-0.39, 0.29) is 43.9 Å². The number of amides is 1. The molecule has 0 bridgehead atoms. The van der Waals surface area contributed by atoms with Gasteiger partial charge in [-0.05, 0) is 30.2 Å². The Morgan fingerprint density at radius 2 is 1.97 bits per heavy atom. The summed E-state index contributed by atoms with van der Waals surface area (Å²) in [6, 6.07) is 6.57. The Hall–Kier alpha value is -2.94. The van der Waals surface area contributed by atoms with Crippen LogP contribution in [0.25, 0.3) is 10.4 Å². The molecule has 0 spiro atoms. The van der Waals surface area contributed by atoms with Crippen LogP contribution in [0.1, 0.15) is 57.3 Å². The predicted molar refractivity (Wildman–Crippen MR) is 123 cm³/mol. The van der Waals surface area contributed by atoms with E-state index >= 15 is 0 Å². The Kier molecular flexibility index (Phi) is 12.8. The maximum absolute atomic E-state index is 12.3. The van der Waals surface area contributed by atoms with Crippen molar-refractivity contribution in [1.82, 2.24) is 5.32 Å². The number of rotatable bonds is 16. The molecule has 1 N–H and O–H groups in total. The van der Waals surface area contributed by atoms with E-state index < -0.39 is 11.6 Å². The fraction of sp³-hybridized carbons (Fsp3) is 0.609.